The summed E-state index contributed by atoms with van der Waals surface area (Å²) in [6.07, 6.45) is 1.64. The third-order valence-electron chi connectivity index (χ3n) is 5.00. The summed E-state index contributed by atoms with van der Waals surface area (Å²) in [6.45, 7) is -0.368. The van der Waals surface area contributed by atoms with Crippen LogP contribution >= 0.6 is 0 Å². The third kappa shape index (κ3) is 6.95. The van der Waals surface area contributed by atoms with E-state index in [4.69, 9.17) is 4.74 Å². The highest BCUT2D eigenvalue weighted by molar-refractivity contribution is 7.89. The van der Waals surface area contributed by atoms with Gasteiger partial charge in [0.2, 0.25) is 10.0 Å². The van der Waals surface area contributed by atoms with Gasteiger partial charge in [-0.1, -0.05) is 48.5 Å². The summed E-state index contributed by atoms with van der Waals surface area (Å²) in [5, 5.41) is 15.0. The minimum Gasteiger partial charge on any atom is -0.490 e. The fourth-order valence-corrected chi connectivity index (χ4v) is 4.65. The summed E-state index contributed by atoms with van der Waals surface area (Å²) in [7, 11) is -2.61. The Hall–Kier alpha value is -4.09. The van der Waals surface area contributed by atoms with Crippen LogP contribution in [-0.2, 0) is 21.2 Å². The van der Waals surface area contributed by atoms with E-state index >= 15 is 0 Å². The van der Waals surface area contributed by atoms with Crippen LogP contribution in [0.5, 0.6) is 5.75 Å². The van der Waals surface area contributed by atoms with Gasteiger partial charge in [-0.05, 0) is 36.2 Å². The number of rotatable bonds is 11. The Labute approximate surface area is 203 Å². The number of benzene rings is 3. The smallest absolute Gasteiger partial charge is 0.311 e. The molecule has 182 valence electrons. The number of hydrogen-bond acceptors (Lipinski definition) is 7. The number of carbonyl (C=O) groups is 1. The highest BCUT2D eigenvalue weighted by Crippen LogP contribution is 2.26. The summed E-state index contributed by atoms with van der Waals surface area (Å²) in [6, 6.07) is 21.4. The van der Waals surface area contributed by atoms with Crippen LogP contribution in [0.2, 0.25) is 0 Å². The van der Waals surface area contributed by atoms with Gasteiger partial charge in [0.25, 0.3) is 5.91 Å². The second-order valence-corrected chi connectivity index (χ2v) is 9.31. The molecule has 0 aliphatic heterocycles. The molecule has 0 saturated carbocycles. The predicted molar refractivity (Wildman–Crippen MR) is 131 cm³/mol. The van der Waals surface area contributed by atoms with Gasteiger partial charge < -0.3 is 4.74 Å². The molecule has 0 saturated heterocycles. The monoisotopic (exact) mass is 496 g/mol. The number of nitro benzene ring substituents is 1. The van der Waals surface area contributed by atoms with Crippen molar-refractivity contribution >= 4 is 27.8 Å². The molecular weight excluding hydrogens is 472 g/mol. The van der Waals surface area contributed by atoms with Crippen molar-refractivity contribution in [3.63, 3.8) is 0 Å². The fraction of sp³-hybridized carbons (Fsp3) is 0.167. The number of nitro groups is 1. The molecule has 0 aromatic heterocycles. The molecule has 0 unspecified atom stereocenters. The van der Waals surface area contributed by atoms with Crippen LogP contribution in [0.4, 0.5) is 5.69 Å². The van der Waals surface area contributed by atoms with Gasteiger partial charge in [0, 0.05) is 18.2 Å². The summed E-state index contributed by atoms with van der Waals surface area (Å²) < 4.78 is 32.4. The lowest BCUT2D eigenvalue weighted by Gasteiger charge is -2.21. The number of ether oxygens (including phenoxy) is 1. The van der Waals surface area contributed by atoms with Gasteiger partial charge in [-0.15, -0.1) is 0 Å². The third-order valence-corrected chi connectivity index (χ3v) is 6.86. The quantitative estimate of drug-likeness (QED) is 0.247. The lowest BCUT2D eigenvalue weighted by molar-refractivity contribution is -0.385. The van der Waals surface area contributed by atoms with Crippen LogP contribution in [0.1, 0.15) is 11.1 Å². The average molecular weight is 497 g/mol. The van der Waals surface area contributed by atoms with E-state index in [0.717, 1.165) is 9.87 Å². The van der Waals surface area contributed by atoms with Crippen LogP contribution in [0.3, 0.4) is 0 Å². The molecule has 11 heteroatoms. The van der Waals surface area contributed by atoms with E-state index in [9.17, 15) is 23.3 Å². The molecule has 3 rings (SSSR count). The molecule has 0 heterocycles. The van der Waals surface area contributed by atoms with Gasteiger partial charge in [0.15, 0.2) is 5.75 Å². The fourth-order valence-electron chi connectivity index (χ4n) is 3.23. The van der Waals surface area contributed by atoms with Gasteiger partial charge >= 0.3 is 5.69 Å². The summed E-state index contributed by atoms with van der Waals surface area (Å²) >= 11 is 0. The average Bonchev–Trinajstić information content (AvgIpc) is 2.87. The molecule has 0 fully saturated rings. The number of amides is 1. The highest BCUT2D eigenvalue weighted by Gasteiger charge is 2.26. The number of methoxy groups -OCH3 is 1. The Morgan fingerprint density at radius 2 is 1.74 bits per heavy atom. The Balaban J connectivity index is 1.72. The van der Waals surface area contributed by atoms with Crippen molar-refractivity contribution in [2.24, 2.45) is 5.10 Å². The number of hydrazone groups is 1. The molecule has 1 amide bonds. The van der Waals surface area contributed by atoms with Crippen molar-refractivity contribution in [2.45, 2.75) is 11.3 Å². The minimum atomic E-state index is -3.93. The van der Waals surface area contributed by atoms with Crippen molar-refractivity contribution in [1.82, 2.24) is 9.73 Å². The molecule has 0 radical (unpaired) electrons. The summed E-state index contributed by atoms with van der Waals surface area (Å²) in [5.74, 6) is -0.562. The number of nitrogens with zero attached hydrogens (tertiary/aromatic N) is 3. The Kier molecular flexibility index (Phi) is 8.65. The van der Waals surface area contributed by atoms with Gasteiger partial charge in [-0.2, -0.15) is 9.41 Å². The van der Waals surface area contributed by atoms with Crippen molar-refractivity contribution in [3.05, 3.63) is 100 Å². The lowest BCUT2D eigenvalue weighted by Crippen LogP contribution is -2.40. The maximum Gasteiger partial charge on any atom is 0.311 e. The number of sulfonamides is 1. The van der Waals surface area contributed by atoms with Crippen LogP contribution in [0.25, 0.3) is 0 Å². The Bertz CT molecular complexity index is 1300. The minimum absolute atomic E-state index is 0.0786. The van der Waals surface area contributed by atoms with Crippen LogP contribution in [0.15, 0.2) is 88.9 Å². The van der Waals surface area contributed by atoms with E-state index in [1.165, 1.54) is 43.7 Å². The Morgan fingerprint density at radius 3 is 2.37 bits per heavy atom. The van der Waals surface area contributed by atoms with E-state index in [0.29, 0.717) is 12.0 Å². The SMILES string of the molecule is COc1ccc(/C=N/NC(=O)CN(CCc2ccccc2)S(=O)(=O)c2ccccc2)cc1[N+](=O)[O-]. The lowest BCUT2D eigenvalue weighted by atomic mass is 10.1. The van der Waals surface area contributed by atoms with Crippen LogP contribution in [-0.4, -0.2) is 50.0 Å². The molecule has 0 bridgehead atoms. The first-order valence-corrected chi connectivity index (χ1v) is 12.0. The van der Waals surface area contributed by atoms with E-state index in [1.54, 1.807) is 18.2 Å². The van der Waals surface area contributed by atoms with Crippen LogP contribution in [0, 0.1) is 10.1 Å². The highest BCUT2D eigenvalue weighted by atomic mass is 32.2. The first-order valence-electron chi connectivity index (χ1n) is 10.5. The Morgan fingerprint density at radius 1 is 1.09 bits per heavy atom. The molecule has 3 aromatic carbocycles. The van der Waals surface area contributed by atoms with Gasteiger partial charge in [0.1, 0.15) is 0 Å². The zero-order chi connectivity index (χ0) is 25.3. The van der Waals surface area contributed by atoms with E-state index in [1.807, 2.05) is 30.3 Å². The van der Waals surface area contributed by atoms with E-state index in [-0.39, 0.29) is 22.9 Å². The predicted octanol–water partition coefficient (Wildman–Crippen LogP) is 2.99. The normalized spacial score (nSPS) is 11.5. The zero-order valence-electron chi connectivity index (χ0n) is 18.9. The standard InChI is InChI=1S/C24H24N4O6S/c1-34-23-13-12-20(16-22(23)28(30)31)17-25-26-24(29)18-27(15-14-19-8-4-2-5-9-19)35(32,33)21-10-6-3-7-11-21/h2-13,16-17H,14-15,18H2,1H3,(H,26,29)/b25-17+. The molecule has 3 aromatic rings. The van der Waals surface area contributed by atoms with Crippen molar-refractivity contribution < 1.29 is 22.9 Å². The molecule has 0 spiro atoms. The van der Waals surface area contributed by atoms with Crippen molar-refractivity contribution in [1.29, 1.82) is 0 Å². The van der Waals surface area contributed by atoms with Crippen molar-refractivity contribution in [3.8, 4) is 5.75 Å². The molecule has 35 heavy (non-hydrogen) atoms. The molecule has 0 aliphatic carbocycles. The van der Waals surface area contributed by atoms with E-state index in [2.05, 4.69) is 10.5 Å². The first kappa shape index (κ1) is 25.5. The largest absolute Gasteiger partial charge is 0.490 e. The molecule has 10 nitrogen and oxygen atoms in total. The van der Waals surface area contributed by atoms with E-state index < -0.39 is 27.4 Å². The molecule has 0 atom stereocenters. The number of carbonyl (C=O) groups excluding carboxylic acids is 1. The topological polar surface area (TPSA) is 131 Å². The maximum absolute atomic E-state index is 13.2. The second-order valence-electron chi connectivity index (χ2n) is 7.37. The van der Waals surface area contributed by atoms with Crippen molar-refractivity contribution in [2.75, 3.05) is 20.2 Å². The number of nitrogens with one attached hydrogen (secondary N) is 1. The second kappa shape index (κ2) is 11.9. The molecule has 0 aliphatic rings. The summed E-state index contributed by atoms with van der Waals surface area (Å²) in [5.41, 5.74) is 3.33. The number of hydrogen-bond donors (Lipinski definition) is 1. The van der Waals surface area contributed by atoms with Gasteiger partial charge in [0.05, 0.1) is 29.7 Å². The first-order chi connectivity index (χ1) is 16.8. The summed E-state index contributed by atoms with van der Waals surface area (Å²) in [4.78, 5) is 23.2. The maximum atomic E-state index is 13.2. The van der Waals surface area contributed by atoms with Gasteiger partial charge in [-0.3, -0.25) is 14.9 Å². The van der Waals surface area contributed by atoms with Gasteiger partial charge in [-0.25, -0.2) is 13.8 Å². The van der Waals surface area contributed by atoms with Crippen LogP contribution < -0.4 is 10.2 Å². The molecular formula is C24H24N4O6S. The zero-order valence-corrected chi connectivity index (χ0v) is 19.7. The molecule has 1 N–H and O–H groups in total.